The van der Waals surface area contributed by atoms with Crippen LogP contribution in [-0.2, 0) is 15.0 Å². The molecule has 2 rings (SSSR count). The maximum absolute atomic E-state index is 11.3. The normalized spacial score (nSPS) is 17.7. The smallest absolute Gasteiger partial charge is 0.315 e. The molecule has 1 aliphatic carbocycles. The van der Waals surface area contributed by atoms with E-state index in [4.69, 9.17) is 4.74 Å². The van der Waals surface area contributed by atoms with E-state index in [9.17, 15) is 14.7 Å². The van der Waals surface area contributed by atoms with Crippen molar-refractivity contribution < 1.29 is 19.4 Å². The Bertz CT molecular complexity index is 442. The van der Waals surface area contributed by atoms with E-state index in [1.54, 1.807) is 24.3 Å². The van der Waals surface area contributed by atoms with E-state index >= 15 is 0 Å². The zero-order chi connectivity index (χ0) is 11.8. The molecule has 0 heterocycles. The maximum Gasteiger partial charge on any atom is 0.315 e. The summed E-state index contributed by atoms with van der Waals surface area (Å²) in [4.78, 5) is 22.3. The van der Waals surface area contributed by atoms with Gasteiger partial charge >= 0.3 is 5.97 Å². The van der Waals surface area contributed by atoms with Crippen molar-refractivity contribution in [2.24, 2.45) is 0 Å². The number of methoxy groups -OCH3 is 1. The molecular weight excluding hydrogens is 208 g/mol. The van der Waals surface area contributed by atoms with Crippen LogP contribution in [0.1, 0.15) is 18.4 Å². The number of carboxylic acid groups (broad SMARTS) is 1. The van der Waals surface area contributed by atoms with Gasteiger partial charge in [0.1, 0.15) is 16.9 Å². The number of carbonyl (C=O) groups is 2. The summed E-state index contributed by atoms with van der Waals surface area (Å²) < 4.78 is 5.05. The van der Waals surface area contributed by atoms with E-state index < -0.39 is 11.4 Å². The van der Waals surface area contributed by atoms with Crippen LogP contribution in [0.5, 0.6) is 5.75 Å². The summed E-state index contributed by atoms with van der Waals surface area (Å²) in [7, 11) is 1.53. The quantitative estimate of drug-likeness (QED) is 0.835. The van der Waals surface area contributed by atoms with Crippen LogP contribution < -0.4 is 4.74 Å². The van der Waals surface area contributed by atoms with Crippen molar-refractivity contribution in [2.45, 2.75) is 18.3 Å². The Kier molecular flexibility index (Phi) is 2.42. The molecule has 4 nitrogen and oxygen atoms in total. The molecule has 0 amide bonds. The van der Waals surface area contributed by atoms with Crippen LogP contribution in [0.3, 0.4) is 0 Å². The zero-order valence-corrected chi connectivity index (χ0v) is 8.90. The molecule has 0 unspecified atom stereocenters. The highest BCUT2D eigenvalue weighted by Crippen LogP contribution is 2.42. The van der Waals surface area contributed by atoms with E-state index in [0.29, 0.717) is 11.3 Å². The van der Waals surface area contributed by atoms with E-state index in [2.05, 4.69) is 0 Å². The van der Waals surface area contributed by atoms with Crippen molar-refractivity contribution in [1.29, 1.82) is 0 Å². The molecule has 1 fully saturated rings. The van der Waals surface area contributed by atoms with Crippen molar-refractivity contribution >= 4 is 11.8 Å². The van der Waals surface area contributed by atoms with Crippen molar-refractivity contribution in [2.75, 3.05) is 7.11 Å². The van der Waals surface area contributed by atoms with Gasteiger partial charge in [-0.15, -0.1) is 0 Å². The number of hydrogen-bond acceptors (Lipinski definition) is 3. The van der Waals surface area contributed by atoms with Gasteiger partial charge in [0.25, 0.3) is 0 Å². The maximum atomic E-state index is 11.3. The molecule has 16 heavy (non-hydrogen) atoms. The Morgan fingerprint density at radius 3 is 2.62 bits per heavy atom. The number of hydrogen-bond donors (Lipinski definition) is 1. The molecule has 1 N–H and O–H groups in total. The van der Waals surface area contributed by atoms with E-state index in [-0.39, 0.29) is 18.6 Å². The predicted molar refractivity (Wildman–Crippen MR) is 56.5 cm³/mol. The Labute approximate surface area is 92.8 Å². The minimum absolute atomic E-state index is 0.00906. The first-order valence-corrected chi connectivity index (χ1v) is 4.98. The molecule has 0 aliphatic heterocycles. The van der Waals surface area contributed by atoms with Gasteiger partial charge in [0.15, 0.2) is 0 Å². The minimum atomic E-state index is -1.04. The number of carboxylic acids is 1. The molecule has 1 aromatic rings. The molecule has 0 atom stereocenters. The second-order valence-corrected chi connectivity index (χ2v) is 4.01. The Morgan fingerprint density at radius 2 is 2.12 bits per heavy atom. The Balaban J connectivity index is 2.40. The van der Waals surface area contributed by atoms with Crippen LogP contribution in [0, 0.1) is 0 Å². The lowest BCUT2D eigenvalue weighted by Crippen LogP contribution is -2.48. The average molecular weight is 220 g/mol. The van der Waals surface area contributed by atoms with E-state index in [1.807, 2.05) is 0 Å². The first kappa shape index (κ1) is 10.7. The third-order valence-corrected chi connectivity index (χ3v) is 3.03. The molecule has 4 heteroatoms. The Hall–Kier alpha value is -1.84. The van der Waals surface area contributed by atoms with Gasteiger partial charge in [-0.05, 0) is 17.7 Å². The van der Waals surface area contributed by atoms with Crippen LogP contribution >= 0.6 is 0 Å². The second kappa shape index (κ2) is 3.63. The average Bonchev–Trinajstić information content (AvgIpc) is 2.24. The van der Waals surface area contributed by atoms with Gasteiger partial charge in [-0.25, -0.2) is 0 Å². The fourth-order valence-electron chi connectivity index (χ4n) is 2.02. The molecule has 0 saturated heterocycles. The summed E-state index contributed by atoms with van der Waals surface area (Å²) in [5, 5.41) is 9.23. The van der Waals surface area contributed by atoms with Gasteiger partial charge in [-0.1, -0.05) is 12.1 Å². The topological polar surface area (TPSA) is 63.6 Å². The summed E-state index contributed by atoms with van der Waals surface area (Å²) in [6.07, 6.45) is 0.158. The fraction of sp³-hybridized carbons (Fsp3) is 0.333. The summed E-state index contributed by atoms with van der Waals surface area (Å²) in [5.41, 5.74) is -0.398. The number of carbonyl (C=O) groups excluding carboxylic acids is 1. The van der Waals surface area contributed by atoms with Crippen molar-refractivity contribution in [3.05, 3.63) is 29.8 Å². The fourth-order valence-corrected chi connectivity index (χ4v) is 2.02. The van der Waals surface area contributed by atoms with Crippen LogP contribution in [0.4, 0.5) is 0 Å². The standard InChI is InChI=1S/C12H12O4/c1-16-10-4-2-3-8(5-10)12(11(14)15)6-9(13)7-12/h2-5H,6-7H2,1H3,(H,14,15). The Morgan fingerprint density at radius 1 is 1.44 bits per heavy atom. The number of rotatable bonds is 3. The molecule has 1 saturated carbocycles. The van der Waals surface area contributed by atoms with Crippen LogP contribution in [0.2, 0.25) is 0 Å². The van der Waals surface area contributed by atoms with Crippen molar-refractivity contribution in [1.82, 2.24) is 0 Å². The van der Waals surface area contributed by atoms with Crippen LogP contribution in [0.25, 0.3) is 0 Å². The largest absolute Gasteiger partial charge is 0.497 e. The van der Waals surface area contributed by atoms with E-state index in [1.165, 1.54) is 7.11 Å². The van der Waals surface area contributed by atoms with Gasteiger partial charge in [0, 0.05) is 12.8 Å². The number of ether oxygens (including phenoxy) is 1. The van der Waals surface area contributed by atoms with Crippen LogP contribution in [-0.4, -0.2) is 24.0 Å². The lowest BCUT2D eigenvalue weighted by Gasteiger charge is -2.36. The highest BCUT2D eigenvalue weighted by atomic mass is 16.5. The third-order valence-electron chi connectivity index (χ3n) is 3.03. The number of ketones is 1. The van der Waals surface area contributed by atoms with Gasteiger partial charge in [-0.3, -0.25) is 9.59 Å². The molecule has 84 valence electrons. The highest BCUT2D eigenvalue weighted by molar-refractivity contribution is 6.01. The monoisotopic (exact) mass is 220 g/mol. The van der Waals surface area contributed by atoms with Crippen molar-refractivity contribution in [3.8, 4) is 5.75 Å². The molecule has 1 aliphatic rings. The molecular formula is C12H12O4. The third kappa shape index (κ3) is 1.46. The molecule has 0 aromatic heterocycles. The summed E-state index contributed by atoms with van der Waals surface area (Å²) in [6.45, 7) is 0. The SMILES string of the molecule is COc1cccc(C2(C(=O)O)CC(=O)C2)c1. The zero-order valence-electron chi connectivity index (χ0n) is 8.90. The number of aliphatic carboxylic acids is 1. The van der Waals surface area contributed by atoms with Crippen molar-refractivity contribution in [3.63, 3.8) is 0 Å². The summed E-state index contributed by atoms with van der Waals surface area (Å²) in [5.74, 6) is -0.344. The summed E-state index contributed by atoms with van der Waals surface area (Å²) in [6, 6.07) is 6.89. The molecule has 1 aromatic carbocycles. The highest BCUT2D eigenvalue weighted by Gasteiger charge is 2.51. The first-order valence-electron chi connectivity index (χ1n) is 4.98. The van der Waals surface area contributed by atoms with Gasteiger partial charge in [-0.2, -0.15) is 0 Å². The predicted octanol–water partition coefficient (Wildman–Crippen LogP) is 1.38. The summed E-state index contributed by atoms with van der Waals surface area (Å²) >= 11 is 0. The van der Waals surface area contributed by atoms with Gasteiger partial charge in [0.2, 0.25) is 0 Å². The molecule has 0 radical (unpaired) electrons. The molecule has 0 bridgehead atoms. The lowest BCUT2D eigenvalue weighted by molar-refractivity contribution is -0.153. The first-order chi connectivity index (χ1) is 7.58. The second-order valence-electron chi connectivity index (χ2n) is 4.01. The van der Waals surface area contributed by atoms with Gasteiger partial charge in [0.05, 0.1) is 7.11 Å². The molecule has 0 spiro atoms. The van der Waals surface area contributed by atoms with E-state index in [0.717, 1.165) is 0 Å². The number of Topliss-reactive ketones (excluding diaryl/α,β-unsaturated/α-hetero) is 1. The number of benzene rings is 1. The lowest BCUT2D eigenvalue weighted by atomic mass is 9.63. The van der Waals surface area contributed by atoms with Gasteiger partial charge < -0.3 is 9.84 Å². The minimum Gasteiger partial charge on any atom is -0.497 e. The van der Waals surface area contributed by atoms with Crippen LogP contribution in [0.15, 0.2) is 24.3 Å².